The molecule has 0 amide bonds. The van der Waals surface area contributed by atoms with Crippen LogP contribution in [0.25, 0.3) is 0 Å². The van der Waals surface area contributed by atoms with E-state index in [0.29, 0.717) is 13.2 Å². The first-order valence-corrected chi connectivity index (χ1v) is 6.76. The summed E-state index contributed by atoms with van der Waals surface area (Å²) in [6, 6.07) is 10.4. The number of hydrogen-bond donors (Lipinski definition) is 0. The van der Waals surface area contributed by atoms with E-state index in [2.05, 4.69) is 24.3 Å². The molecule has 0 saturated carbocycles. The molecule has 2 bridgehead atoms. The van der Waals surface area contributed by atoms with Gasteiger partial charge in [0.1, 0.15) is 28.6 Å². The van der Waals surface area contributed by atoms with Crippen LogP contribution in [-0.4, -0.2) is 31.0 Å². The molecule has 1 unspecified atom stereocenters. The molecule has 0 aliphatic carbocycles. The lowest BCUT2D eigenvalue weighted by Gasteiger charge is -2.29. The first kappa shape index (κ1) is 11.9. The van der Waals surface area contributed by atoms with Gasteiger partial charge in [-0.25, -0.2) is 0 Å². The second kappa shape index (κ2) is 4.84. The number of ether oxygens (including phenoxy) is 2. The quantitative estimate of drug-likeness (QED) is 0.785. The summed E-state index contributed by atoms with van der Waals surface area (Å²) < 4.78 is 17.1. The van der Waals surface area contributed by atoms with Crippen LogP contribution >= 0.6 is 23.0 Å². The summed E-state index contributed by atoms with van der Waals surface area (Å²) in [4.78, 5) is 0. The molecule has 1 aromatic rings. The SMILES string of the molecule is IOC[C@]12COC(C1)[C@H](Cc1ccccc1)O2. The standard InChI is InChI=1S/C13H15IO3/c14-16-9-13-7-12(15-8-13)11(17-13)6-10-4-2-1-3-5-10/h1-5,11-12H,6-9H2/t11-,12?,13+/m0/s1. The van der Waals surface area contributed by atoms with Crippen molar-refractivity contribution in [2.75, 3.05) is 13.2 Å². The van der Waals surface area contributed by atoms with Gasteiger partial charge in [0.2, 0.25) is 0 Å². The van der Waals surface area contributed by atoms with E-state index >= 15 is 0 Å². The lowest BCUT2D eigenvalue weighted by atomic mass is 10.0. The van der Waals surface area contributed by atoms with Crippen molar-refractivity contribution in [1.82, 2.24) is 0 Å². The normalized spacial score (nSPS) is 35.4. The Morgan fingerprint density at radius 1 is 1.35 bits per heavy atom. The summed E-state index contributed by atoms with van der Waals surface area (Å²) in [7, 11) is 0. The van der Waals surface area contributed by atoms with Gasteiger partial charge in [-0.1, -0.05) is 30.3 Å². The topological polar surface area (TPSA) is 27.7 Å². The highest BCUT2D eigenvalue weighted by Gasteiger charge is 2.53. The fourth-order valence-electron chi connectivity index (χ4n) is 2.71. The smallest absolute Gasteiger partial charge is 0.119 e. The number of fused-ring (bicyclic) bond motifs is 2. The van der Waals surface area contributed by atoms with Crippen LogP contribution in [0.4, 0.5) is 0 Å². The van der Waals surface area contributed by atoms with Crippen molar-refractivity contribution in [2.24, 2.45) is 0 Å². The van der Waals surface area contributed by atoms with Crippen molar-refractivity contribution in [2.45, 2.75) is 30.7 Å². The van der Waals surface area contributed by atoms with Crippen LogP contribution in [0.1, 0.15) is 12.0 Å². The van der Waals surface area contributed by atoms with E-state index < -0.39 is 0 Å². The monoisotopic (exact) mass is 346 g/mol. The molecule has 0 N–H and O–H groups in total. The molecule has 3 rings (SSSR count). The first-order chi connectivity index (χ1) is 8.31. The summed E-state index contributed by atoms with van der Waals surface area (Å²) in [6.07, 6.45) is 2.31. The van der Waals surface area contributed by atoms with E-state index in [4.69, 9.17) is 12.5 Å². The number of hydrogen-bond acceptors (Lipinski definition) is 3. The average Bonchev–Trinajstić information content (AvgIpc) is 2.88. The van der Waals surface area contributed by atoms with Crippen molar-refractivity contribution < 1.29 is 12.5 Å². The molecule has 3 atom stereocenters. The molecule has 0 radical (unpaired) electrons. The lowest BCUT2D eigenvalue weighted by Crippen LogP contribution is -2.40. The fourth-order valence-corrected chi connectivity index (χ4v) is 3.28. The van der Waals surface area contributed by atoms with Gasteiger partial charge in [0.05, 0.1) is 25.4 Å². The van der Waals surface area contributed by atoms with Gasteiger partial charge >= 0.3 is 0 Å². The molecule has 92 valence electrons. The van der Waals surface area contributed by atoms with E-state index in [-0.39, 0.29) is 17.8 Å². The minimum Gasteiger partial charge on any atom is -0.372 e. The Morgan fingerprint density at radius 2 is 2.18 bits per heavy atom. The molecular weight excluding hydrogens is 331 g/mol. The average molecular weight is 346 g/mol. The number of halogens is 1. The molecule has 2 fully saturated rings. The Labute approximate surface area is 115 Å². The van der Waals surface area contributed by atoms with Crippen LogP contribution in [0, 0.1) is 0 Å². The third kappa shape index (κ3) is 2.36. The third-order valence-electron chi connectivity index (χ3n) is 3.55. The zero-order valence-electron chi connectivity index (χ0n) is 9.47. The summed E-state index contributed by atoms with van der Waals surface area (Å²) in [6.45, 7) is 1.29. The first-order valence-electron chi connectivity index (χ1n) is 5.88. The Balaban J connectivity index is 1.67. The van der Waals surface area contributed by atoms with E-state index in [0.717, 1.165) is 12.8 Å². The molecule has 2 heterocycles. The van der Waals surface area contributed by atoms with Crippen LogP contribution in [0.5, 0.6) is 0 Å². The van der Waals surface area contributed by atoms with Gasteiger partial charge in [-0.15, -0.1) is 0 Å². The van der Waals surface area contributed by atoms with Crippen LogP contribution in [0.15, 0.2) is 30.3 Å². The molecular formula is C13H15IO3. The van der Waals surface area contributed by atoms with Crippen LogP contribution < -0.4 is 0 Å². The summed E-state index contributed by atoms with van der Waals surface area (Å²) >= 11 is 1.92. The Hall–Kier alpha value is -0.170. The lowest BCUT2D eigenvalue weighted by molar-refractivity contribution is -0.149. The summed E-state index contributed by atoms with van der Waals surface area (Å²) in [5.74, 6) is 0. The van der Waals surface area contributed by atoms with Crippen molar-refractivity contribution in [3.63, 3.8) is 0 Å². The zero-order valence-corrected chi connectivity index (χ0v) is 11.6. The molecule has 2 aliphatic rings. The molecule has 4 heteroatoms. The molecule has 0 aromatic heterocycles. The Kier molecular flexibility index (Phi) is 3.38. The van der Waals surface area contributed by atoms with E-state index in [1.807, 2.05) is 29.1 Å². The third-order valence-corrected chi connectivity index (χ3v) is 3.86. The van der Waals surface area contributed by atoms with Crippen molar-refractivity contribution in [3.8, 4) is 0 Å². The second-order valence-electron chi connectivity index (χ2n) is 4.84. The maximum Gasteiger partial charge on any atom is 0.119 e. The van der Waals surface area contributed by atoms with Gasteiger partial charge < -0.3 is 12.5 Å². The second-order valence-corrected chi connectivity index (χ2v) is 5.46. The Bertz CT molecular complexity index is 384. The van der Waals surface area contributed by atoms with Crippen molar-refractivity contribution in [3.05, 3.63) is 35.9 Å². The summed E-state index contributed by atoms with van der Waals surface area (Å²) in [5.41, 5.74) is 1.12. The van der Waals surface area contributed by atoms with E-state index in [9.17, 15) is 0 Å². The van der Waals surface area contributed by atoms with Crippen LogP contribution in [0.2, 0.25) is 0 Å². The van der Waals surface area contributed by atoms with Gasteiger partial charge in [-0.2, -0.15) is 0 Å². The predicted molar refractivity (Wildman–Crippen MR) is 72.1 cm³/mol. The maximum absolute atomic E-state index is 6.14. The van der Waals surface area contributed by atoms with E-state index in [1.165, 1.54) is 5.56 Å². The highest BCUT2D eigenvalue weighted by Crippen LogP contribution is 2.41. The highest BCUT2D eigenvalue weighted by molar-refractivity contribution is 14.1. The number of rotatable bonds is 4. The van der Waals surface area contributed by atoms with Crippen LogP contribution in [-0.2, 0) is 19.0 Å². The minimum absolute atomic E-state index is 0.178. The van der Waals surface area contributed by atoms with Gasteiger partial charge in [-0.3, -0.25) is 0 Å². The fraction of sp³-hybridized carbons (Fsp3) is 0.538. The zero-order chi connectivity index (χ0) is 11.7. The van der Waals surface area contributed by atoms with Gasteiger partial charge in [0, 0.05) is 12.8 Å². The molecule has 2 saturated heterocycles. The van der Waals surface area contributed by atoms with Crippen molar-refractivity contribution >= 4 is 23.0 Å². The van der Waals surface area contributed by atoms with Crippen LogP contribution in [0.3, 0.4) is 0 Å². The van der Waals surface area contributed by atoms with Gasteiger partial charge in [0.15, 0.2) is 0 Å². The molecule has 1 aromatic carbocycles. The number of benzene rings is 1. The molecule has 17 heavy (non-hydrogen) atoms. The highest BCUT2D eigenvalue weighted by atomic mass is 127. The Morgan fingerprint density at radius 3 is 2.94 bits per heavy atom. The van der Waals surface area contributed by atoms with E-state index in [1.54, 1.807) is 0 Å². The summed E-state index contributed by atoms with van der Waals surface area (Å²) in [5, 5.41) is 0. The maximum atomic E-state index is 6.14. The largest absolute Gasteiger partial charge is 0.372 e. The minimum atomic E-state index is -0.189. The molecule has 3 nitrogen and oxygen atoms in total. The molecule has 2 aliphatic heterocycles. The van der Waals surface area contributed by atoms with Crippen molar-refractivity contribution in [1.29, 1.82) is 0 Å². The predicted octanol–water partition coefficient (Wildman–Crippen LogP) is 2.52. The van der Waals surface area contributed by atoms with Gasteiger partial charge in [0.25, 0.3) is 0 Å². The molecule has 0 spiro atoms. The van der Waals surface area contributed by atoms with Gasteiger partial charge in [-0.05, 0) is 5.56 Å².